The fourth-order valence-corrected chi connectivity index (χ4v) is 5.00. The molecule has 2 atom stereocenters. The van der Waals surface area contributed by atoms with Crippen LogP contribution in [-0.2, 0) is 0 Å². The van der Waals surface area contributed by atoms with Crippen molar-refractivity contribution in [3.05, 3.63) is 0 Å². The zero-order valence-corrected chi connectivity index (χ0v) is 8.84. The lowest BCUT2D eigenvalue weighted by Gasteiger charge is -2.60. The van der Waals surface area contributed by atoms with Gasteiger partial charge in [-0.15, -0.1) is 0 Å². The molecule has 0 aliphatic heterocycles. The standard InChI is InChI=1S/C12H21NO/c13-2-1-11-4-9-3-10(5-11)7-12(14,6-9)8-11/h9-10,14H,1-8,13H2. The molecule has 0 aromatic rings. The molecule has 2 heteroatoms. The molecule has 0 radical (unpaired) electrons. The second-order valence-corrected chi connectivity index (χ2v) is 6.22. The van der Waals surface area contributed by atoms with Gasteiger partial charge in [-0.3, -0.25) is 0 Å². The molecule has 0 aromatic heterocycles. The number of nitrogens with two attached hydrogens (primary N) is 1. The van der Waals surface area contributed by atoms with E-state index in [1.807, 2.05) is 0 Å². The van der Waals surface area contributed by atoms with Crippen LogP contribution in [0.3, 0.4) is 0 Å². The van der Waals surface area contributed by atoms with Gasteiger partial charge < -0.3 is 10.8 Å². The van der Waals surface area contributed by atoms with Gasteiger partial charge in [0, 0.05) is 0 Å². The predicted molar refractivity (Wildman–Crippen MR) is 55.7 cm³/mol. The van der Waals surface area contributed by atoms with Crippen molar-refractivity contribution >= 4 is 0 Å². The lowest BCUT2D eigenvalue weighted by atomic mass is 9.47. The minimum atomic E-state index is -0.292. The van der Waals surface area contributed by atoms with Gasteiger partial charge >= 0.3 is 0 Å². The molecule has 3 N–H and O–H groups in total. The normalized spacial score (nSPS) is 55.3. The van der Waals surface area contributed by atoms with E-state index >= 15 is 0 Å². The van der Waals surface area contributed by atoms with Crippen LogP contribution >= 0.6 is 0 Å². The van der Waals surface area contributed by atoms with E-state index in [0.717, 1.165) is 44.1 Å². The summed E-state index contributed by atoms with van der Waals surface area (Å²) in [7, 11) is 0. The van der Waals surface area contributed by atoms with Crippen LogP contribution in [0.15, 0.2) is 0 Å². The molecule has 0 heterocycles. The molecule has 4 aliphatic rings. The highest BCUT2D eigenvalue weighted by atomic mass is 16.3. The highest BCUT2D eigenvalue weighted by molar-refractivity contribution is 5.08. The number of rotatable bonds is 2. The smallest absolute Gasteiger partial charge is 0.0658 e. The van der Waals surface area contributed by atoms with E-state index in [4.69, 9.17) is 5.73 Å². The Morgan fingerprint density at radius 2 is 1.79 bits per heavy atom. The Morgan fingerprint density at radius 1 is 1.14 bits per heavy atom. The number of hydrogen-bond donors (Lipinski definition) is 2. The molecular weight excluding hydrogens is 174 g/mol. The summed E-state index contributed by atoms with van der Waals surface area (Å²) >= 11 is 0. The summed E-state index contributed by atoms with van der Waals surface area (Å²) in [6.45, 7) is 0.801. The molecular formula is C12H21NO. The van der Waals surface area contributed by atoms with E-state index in [9.17, 15) is 5.11 Å². The molecule has 4 rings (SSSR count). The Balaban J connectivity index is 1.89. The monoisotopic (exact) mass is 195 g/mol. The molecule has 0 spiro atoms. The van der Waals surface area contributed by atoms with Crippen molar-refractivity contribution in [1.82, 2.24) is 0 Å². The lowest BCUT2D eigenvalue weighted by molar-refractivity contribution is -0.164. The van der Waals surface area contributed by atoms with Gasteiger partial charge in [-0.2, -0.15) is 0 Å². The minimum absolute atomic E-state index is 0.292. The van der Waals surface area contributed by atoms with E-state index in [-0.39, 0.29) is 5.60 Å². The molecule has 0 saturated heterocycles. The molecule has 2 nitrogen and oxygen atoms in total. The summed E-state index contributed by atoms with van der Waals surface area (Å²) < 4.78 is 0. The van der Waals surface area contributed by atoms with Crippen molar-refractivity contribution < 1.29 is 5.11 Å². The molecule has 4 fully saturated rings. The third-order valence-electron chi connectivity index (χ3n) is 4.83. The van der Waals surface area contributed by atoms with Crippen molar-refractivity contribution in [2.75, 3.05) is 6.54 Å². The van der Waals surface area contributed by atoms with Gasteiger partial charge in [-0.1, -0.05) is 0 Å². The zero-order chi connectivity index (χ0) is 9.81. The van der Waals surface area contributed by atoms with Gasteiger partial charge in [-0.25, -0.2) is 0 Å². The third kappa shape index (κ3) is 1.24. The molecule has 0 aromatic carbocycles. The van der Waals surface area contributed by atoms with E-state index in [0.29, 0.717) is 5.41 Å². The Bertz CT molecular complexity index is 237. The van der Waals surface area contributed by atoms with Crippen LogP contribution < -0.4 is 5.73 Å². The van der Waals surface area contributed by atoms with E-state index in [2.05, 4.69) is 0 Å². The first-order valence-corrected chi connectivity index (χ1v) is 6.06. The van der Waals surface area contributed by atoms with Crippen LogP contribution in [0.5, 0.6) is 0 Å². The molecule has 4 aliphatic carbocycles. The van der Waals surface area contributed by atoms with Gasteiger partial charge in [0.05, 0.1) is 5.60 Å². The third-order valence-corrected chi connectivity index (χ3v) is 4.83. The first-order chi connectivity index (χ1) is 6.63. The second kappa shape index (κ2) is 2.73. The second-order valence-electron chi connectivity index (χ2n) is 6.22. The van der Waals surface area contributed by atoms with Crippen molar-refractivity contribution in [1.29, 1.82) is 0 Å². The van der Waals surface area contributed by atoms with Crippen LogP contribution in [0.1, 0.15) is 44.9 Å². The van der Waals surface area contributed by atoms with E-state index in [1.54, 1.807) is 0 Å². The molecule has 80 valence electrons. The lowest BCUT2D eigenvalue weighted by Crippen LogP contribution is -2.55. The van der Waals surface area contributed by atoms with Gasteiger partial charge in [0.1, 0.15) is 0 Å². The summed E-state index contributed by atoms with van der Waals surface area (Å²) in [5.41, 5.74) is 5.86. The fraction of sp³-hybridized carbons (Fsp3) is 1.00. The van der Waals surface area contributed by atoms with Gasteiger partial charge in [0.15, 0.2) is 0 Å². The predicted octanol–water partition coefficient (Wildman–Crippen LogP) is 1.67. The average Bonchev–Trinajstić information content (AvgIpc) is 1.97. The quantitative estimate of drug-likeness (QED) is 0.704. The molecule has 2 unspecified atom stereocenters. The molecule has 14 heavy (non-hydrogen) atoms. The maximum atomic E-state index is 10.5. The molecule has 0 amide bonds. The first kappa shape index (κ1) is 9.17. The largest absolute Gasteiger partial charge is 0.390 e. The highest BCUT2D eigenvalue weighted by Gasteiger charge is 2.56. The fourth-order valence-electron chi connectivity index (χ4n) is 5.00. The first-order valence-electron chi connectivity index (χ1n) is 6.06. The number of hydrogen-bond acceptors (Lipinski definition) is 2. The average molecular weight is 195 g/mol. The SMILES string of the molecule is NCCC12CC3CC(CC(O)(C3)C1)C2. The Labute approximate surface area is 85.9 Å². The summed E-state index contributed by atoms with van der Waals surface area (Å²) in [5.74, 6) is 1.63. The summed E-state index contributed by atoms with van der Waals surface area (Å²) in [5, 5.41) is 10.5. The Kier molecular flexibility index (Phi) is 1.79. The number of aliphatic hydroxyl groups is 1. The summed E-state index contributed by atoms with van der Waals surface area (Å²) in [4.78, 5) is 0. The minimum Gasteiger partial charge on any atom is -0.390 e. The van der Waals surface area contributed by atoms with Crippen LogP contribution in [0.25, 0.3) is 0 Å². The molecule has 4 bridgehead atoms. The van der Waals surface area contributed by atoms with Crippen LogP contribution in [-0.4, -0.2) is 17.3 Å². The van der Waals surface area contributed by atoms with Crippen LogP contribution in [0.4, 0.5) is 0 Å². The Morgan fingerprint density at radius 3 is 2.29 bits per heavy atom. The maximum Gasteiger partial charge on any atom is 0.0658 e. The maximum absolute atomic E-state index is 10.5. The van der Waals surface area contributed by atoms with Crippen LogP contribution in [0, 0.1) is 17.3 Å². The zero-order valence-electron chi connectivity index (χ0n) is 8.84. The Hall–Kier alpha value is -0.0800. The van der Waals surface area contributed by atoms with Gasteiger partial charge in [-0.05, 0) is 68.7 Å². The van der Waals surface area contributed by atoms with E-state index < -0.39 is 0 Å². The van der Waals surface area contributed by atoms with Crippen molar-refractivity contribution in [3.8, 4) is 0 Å². The summed E-state index contributed by atoms with van der Waals surface area (Å²) in [6, 6.07) is 0. The van der Waals surface area contributed by atoms with Crippen molar-refractivity contribution in [2.45, 2.75) is 50.5 Å². The van der Waals surface area contributed by atoms with Crippen LogP contribution in [0.2, 0.25) is 0 Å². The topological polar surface area (TPSA) is 46.2 Å². The van der Waals surface area contributed by atoms with Crippen molar-refractivity contribution in [3.63, 3.8) is 0 Å². The highest BCUT2D eigenvalue weighted by Crippen LogP contribution is 2.62. The van der Waals surface area contributed by atoms with E-state index in [1.165, 1.54) is 19.3 Å². The van der Waals surface area contributed by atoms with Gasteiger partial charge in [0.25, 0.3) is 0 Å². The van der Waals surface area contributed by atoms with Crippen molar-refractivity contribution in [2.24, 2.45) is 23.0 Å². The summed E-state index contributed by atoms with van der Waals surface area (Å²) in [6.07, 6.45) is 8.43. The van der Waals surface area contributed by atoms with Gasteiger partial charge in [0.2, 0.25) is 0 Å². The molecule has 4 saturated carbocycles.